The van der Waals surface area contributed by atoms with Gasteiger partial charge in [-0.15, -0.1) is 0 Å². The summed E-state index contributed by atoms with van der Waals surface area (Å²) < 4.78 is 69.8. The summed E-state index contributed by atoms with van der Waals surface area (Å²) in [5, 5.41) is 29.4. The zero-order valence-electron chi connectivity index (χ0n) is 57.7. The van der Waals surface area contributed by atoms with Crippen LogP contribution in [0.1, 0.15) is 171 Å². The number of hydrogen-bond acceptors (Lipinski definition) is 17. The quantitative estimate of drug-likeness (QED) is 0.0192. The summed E-state index contributed by atoms with van der Waals surface area (Å²) in [5.41, 5.74) is 9.71. The molecule has 0 bridgehead atoms. The molecule has 2 amide bonds. The Morgan fingerprint density at radius 2 is 1.03 bits per heavy atom. The normalized spacial score (nSPS) is 17.8. The van der Waals surface area contributed by atoms with Crippen LogP contribution in [0.25, 0.3) is 44.6 Å². The van der Waals surface area contributed by atoms with Gasteiger partial charge in [0, 0.05) is 89.0 Å². The molecule has 4 aliphatic rings. The van der Waals surface area contributed by atoms with E-state index in [2.05, 4.69) is 10.6 Å². The second-order valence-electron chi connectivity index (χ2n) is 26.3. The maximum Gasteiger partial charge on any atom is 0.343 e. The van der Waals surface area contributed by atoms with Gasteiger partial charge in [0.15, 0.2) is 17.0 Å². The summed E-state index contributed by atoms with van der Waals surface area (Å²) in [4.78, 5) is 111. The molecule has 96 heavy (non-hydrogen) atoms. The van der Waals surface area contributed by atoms with Crippen molar-refractivity contribution in [1.29, 1.82) is 0 Å². The van der Waals surface area contributed by atoms with Crippen LogP contribution in [0.4, 0.5) is 13.2 Å². The maximum atomic E-state index is 14.7. The number of alkyl halides is 1. The van der Waals surface area contributed by atoms with Gasteiger partial charge in [-0.25, -0.2) is 28.3 Å². The number of ketones is 2. The van der Waals surface area contributed by atoms with E-state index in [1.807, 2.05) is 34.6 Å². The molecule has 24 heteroatoms. The molecule has 0 saturated carbocycles. The first-order chi connectivity index (χ1) is 46.0. The van der Waals surface area contributed by atoms with E-state index in [-0.39, 0.29) is 146 Å². The Morgan fingerprint density at radius 1 is 0.635 bits per heavy atom. The number of nitrogens with zero attached hydrogens (tertiary/aromatic N) is 4. The summed E-state index contributed by atoms with van der Waals surface area (Å²) in [7, 11) is -1.00. The largest absolute Gasteiger partial charge is 0.458 e. The minimum absolute atomic E-state index is 0.00499. The van der Waals surface area contributed by atoms with Crippen LogP contribution < -0.4 is 27.5 Å². The Morgan fingerprint density at radius 3 is 1.41 bits per heavy atom. The van der Waals surface area contributed by atoms with Gasteiger partial charge in [-0.05, 0) is 124 Å². The predicted octanol–water partition coefficient (Wildman–Crippen LogP) is 8.93. The number of fused-ring (bicyclic) bond motifs is 10. The summed E-state index contributed by atoms with van der Waals surface area (Å²) in [6.07, 6.45) is 4.31. The van der Waals surface area contributed by atoms with Gasteiger partial charge in [0.2, 0.25) is 11.8 Å². The minimum Gasteiger partial charge on any atom is -0.458 e. The van der Waals surface area contributed by atoms with E-state index < -0.39 is 54.0 Å². The highest BCUT2D eigenvalue weighted by atomic mass is 19.1. The second-order valence-corrected chi connectivity index (χ2v) is 26.3. The first-order valence-corrected chi connectivity index (χ1v) is 32.9. The van der Waals surface area contributed by atoms with E-state index in [4.69, 9.17) is 36.0 Å². The minimum atomic E-state index is -1.94. The van der Waals surface area contributed by atoms with Crippen LogP contribution in [-0.2, 0) is 98.1 Å². The fourth-order valence-corrected chi connectivity index (χ4v) is 12.8. The van der Waals surface area contributed by atoms with Gasteiger partial charge in [-0.3, -0.25) is 33.2 Å². The highest BCUT2D eigenvalue weighted by molar-refractivity contribution is 5.93. The summed E-state index contributed by atoms with van der Waals surface area (Å²) in [6, 6.07) is 9.07. The van der Waals surface area contributed by atoms with Crippen molar-refractivity contribution >= 4 is 57.1 Å². The first-order valence-electron chi connectivity index (χ1n) is 33.6. The Bertz CT molecular complexity index is 3900. The molecule has 0 unspecified atom stereocenters. The number of rotatable bonds is 26. The van der Waals surface area contributed by atoms with Crippen LogP contribution in [0, 0.1) is 55.1 Å². The highest BCUT2D eigenvalue weighted by Crippen LogP contribution is 2.43. The number of esters is 2. The Balaban J connectivity index is 0.000000238. The van der Waals surface area contributed by atoms with Crippen LogP contribution >= 0.6 is 0 Å². The summed E-state index contributed by atoms with van der Waals surface area (Å²) in [5.74, 6) is -3.74. The van der Waals surface area contributed by atoms with Crippen molar-refractivity contribution in [3.05, 3.63) is 124 Å². The zero-order chi connectivity index (χ0) is 71.1. The number of benzene rings is 2. The summed E-state index contributed by atoms with van der Waals surface area (Å²) in [6.45, 7) is 20.6. The molecule has 21 nitrogen and oxygen atoms in total. The monoisotopic (exact) mass is 1330 g/mol. The number of aliphatic hydroxyl groups is 2. The van der Waals surface area contributed by atoms with Gasteiger partial charge in [0.05, 0.1) is 72.6 Å². The number of carbonyl (C=O) groups excluding carboxylic acids is 6. The highest BCUT2D eigenvalue weighted by Gasteiger charge is 2.47. The molecule has 10 rings (SSSR count). The van der Waals surface area contributed by atoms with E-state index in [0.717, 1.165) is 33.0 Å². The van der Waals surface area contributed by atoms with Crippen molar-refractivity contribution < 1.29 is 72.5 Å². The lowest BCUT2D eigenvalue weighted by molar-refractivity contribution is -0.172. The Hall–Kier alpha value is -8.03. The molecule has 4 aliphatic heterocycles. The number of ether oxygens (including phenoxy) is 4. The van der Waals surface area contributed by atoms with Crippen LogP contribution in [-0.4, -0.2) is 105 Å². The average molecular weight is 1340 g/mol. The van der Waals surface area contributed by atoms with Gasteiger partial charge >= 0.3 is 11.9 Å². The van der Waals surface area contributed by atoms with E-state index in [9.17, 15) is 61.7 Å². The number of nitrogens with one attached hydrogen (secondary N) is 2. The molecule has 0 spiro atoms. The fraction of sp³-hybridized carbons (Fsp3) is 0.528. The van der Waals surface area contributed by atoms with Gasteiger partial charge in [-0.2, -0.15) is 0 Å². The number of aryl methyl sites for hydroxylation is 4. The Kier molecular flexibility index (Phi) is 23.3. The molecule has 4 aromatic heterocycles. The number of nitrogens with two attached hydrogens (primary N) is 1. The van der Waals surface area contributed by atoms with Crippen molar-refractivity contribution in [2.45, 2.75) is 184 Å². The number of hydrogen-bond donors (Lipinski definition) is 5. The van der Waals surface area contributed by atoms with Crippen molar-refractivity contribution in [2.75, 3.05) is 33.8 Å². The molecule has 8 heterocycles. The number of cyclic esters (lactones) is 2. The average Bonchev–Trinajstić information content (AvgIpc) is 1.61. The van der Waals surface area contributed by atoms with Crippen molar-refractivity contribution in [3.8, 4) is 22.8 Å². The lowest BCUT2D eigenvalue weighted by Crippen LogP contribution is -2.44. The number of amides is 2. The number of aromatic nitrogens is 4. The smallest absolute Gasteiger partial charge is 0.343 e. The molecular formula is C72H90F3N7O14. The van der Waals surface area contributed by atoms with Gasteiger partial charge < -0.3 is 54.7 Å². The molecule has 518 valence electrons. The number of halogens is 3. The molecule has 0 radical (unpaired) electrons. The molecule has 6 atom stereocenters. The van der Waals surface area contributed by atoms with E-state index >= 15 is 0 Å². The molecule has 6 N–H and O–H groups in total. The number of carbonyl (C=O) groups is 6. The SMILES string of the molecule is CC[C@@]1(O)C(=O)OCc2c1cc1n(c2=O)Cc2c-1nc1cc(F)c(C)cc1c2CCCCOCNC(=O)[C@H](C)CC(=O)[C@@H](C)C(C)C.CC[C@@]1(O)C(=O)OCc2c1cc1n(c2=O)Cc2c-1nc1cc(F)c(C)cc1c2CCCCOCNC(=O)[C@H](C)CC(=O)[C@@H](N)C(C)C.[2H]CF. The third kappa shape index (κ3) is 14.9. The van der Waals surface area contributed by atoms with Crippen LogP contribution in [0.5, 0.6) is 0 Å². The van der Waals surface area contributed by atoms with Crippen molar-refractivity contribution in [2.24, 2.45) is 35.3 Å². The van der Waals surface area contributed by atoms with E-state index in [1.165, 1.54) is 12.1 Å². The van der Waals surface area contributed by atoms with Crippen LogP contribution in [0.2, 0.25) is 0 Å². The molecule has 0 saturated heterocycles. The lowest BCUT2D eigenvalue weighted by atomic mass is 9.86. The number of pyridine rings is 4. The third-order valence-corrected chi connectivity index (χ3v) is 19.3. The number of Topliss-reactive ketones (excluding diaryl/α,β-unsaturated/α-hetero) is 2. The van der Waals surface area contributed by atoms with Crippen LogP contribution in [0.3, 0.4) is 0 Å². The van der Waals surface area contributed by atoms with Gasteiger partial charge in [-0.1, -0.05) is 62.3 Å². The van der Waals surface area contributed by atoms with Crippen molar-refractivity contribution in [3.63, 3.8) is 0 Å². The van der Waals surface area contributed by atoms with E-state index in [1.54, 1.807) is 74.9 Å². The summed E-state index contributed by atoms with van der Waals surface area (Å²) >= 11 is 0. The predicted molar refractivity (Wildman–Crippen MR) is 354 cm³/mol. The van der Waals surface area contributed by atoms with E-state index in [0.29, 0.717) is 96.7 Å². The fourth-order valence-electron chi connectivity index (χ4n) is 12.8. The second kappa shape index (κ2) is 31.0. The van der Waals surface area contributed by atoms with Crippen LogP contribution in [0.15, 0.2) is 46.0 Å². The zero-order valence-corrected chi connectivity index (χ0v) is 56.7. The topological polar surface area (TPSA) is 300 Å². The third-order valence-electron chi connectivity index (χ3n) is 19.3. The molecule has 2 aromatic carbocycles. The molecular weight excluding hydrogens is 1240 g/mol. The molecule has 6 aromatic rings. The van der Waals surface area contributed by atoms with Gasteiger partial charge in [0.25, 0.3) is 11.1 Å². The number of unbranched alkanes of at least 4 members (excludes halogenated alkanes) is 2. The maximum absolute atomic E-state index is 14.7. The standard InChI is InChI=1S/C36H44FN3O7.C35H43FN4O7.CH3F/c1-7-36(45)27-14-30-32-25(16-40(30)34(43)26(27)17-47-35(36)44)23(24-12-20(4)28(37)15-29(24)39-32)10-8-9-11-46-18-38-33(42)21(5)13-31(41)22(6)19(2)3;1-6-35(45)25-13-28-31-23(15-40(28)33(43)24(25)16-47-34(35)44)21(22-11-19(4)26(36)14-27(22)39-31)9-7-8-10-46-17-38-32(42)20(5)12-29(41)30(37)18(2)3;1-2/h12,14-15,19,21-22,45H,7-11,13,16-18H2,1-6H3,(H,38,42);11,13-14,18,20,30,45H,6-10,12,15-17,37H2,1-5H3,(H,38,42);1H3/t21-,22+,36+;20-,30+,35+;/m11./s1/i;;1D. The van der Waals surface area contributed by atoms with Gasteiger partial charge in [0.1, 0.15) is 44.1 Å². The lowest BCUT2D eigenvalue weighted by Gasteiger charge is -2.31. The molecule has 0 fully saturated rings. The molecule has 0 aliphatic carbocycles. The first kappa shape index (κ1) is 72.2. The Labute approximate surface area is 557 Å². The van der Waals surface area contributed by atoms with Crippen molar-refractivity contribution in [1.82, 2.24) is 29.7 Å².